The van der Waals surface area contributed by atoms with E-state index in [1.165, 1.54) is 161 Å². The van der Waals surface area contributed by atoms with Gasteiger partial charge in [-0.3, -0.25) is 14.4 Å². The molecule has 0 fully saturated rings. The van der Waals surface area contributed by atoms with Gasteiger partial charge in [0.2, 0.25) is 0 Å². The highest BCUT2D eigenvalue weighted by Crippen LogP contribution is 2.17. The van der Waals surface area contributed by atoms with Crippen molar-refractivity contribution in [2.75, 3.05) is 13.2 Å². The third-order valence-corrected chi connectivity index (χ3v) is 12.5. The molecular weight excluding hydrogens is 841 g/mol. The number of rotatable bonds is 52. The maximum absolute atomic E-state index is 12.8. The van der Waals surface area contributed by atoms with E-state index in [4.69, 9.17) is 14.2 Å². The van der Waals surface area contributed by atoms with Gasteiger partial charge in [0.25, 0.3) is 0 Å². The van der Waals surface area contributed by atoms with Crippen LogP contribution < -0.4 is 0 Å². The summed E-state index contributed by atoms with van der Waals surface area (Å²) in [5.41, 5.74) is 0. The van der Waals surface area contributed by atoms with Crippen molar-refractivity contribution in [3.8, 4) is 0 Å². The number of hydrogen-bond acceptors (Lipinski definition) is 6. The van der Waals surface area contributed by atoms with Gasteiger partial charge in [0, 0.05) is 12.8 Å². The largest absolute Gasteiger partial charge is 0.462 e. The van der Waals surface area contributed by atoms with E-state index in [0.717, 1.165) is 83.5 Å². The molecule has 0 saturated heterocycles. The molecule has 0 aliphatic carbocycles. The Hall–Kier alpha value is -3.15. The molecule has 0 aromatic carbocycles. The van der Waals surface area contributed by atoms with Crippen LogP contribution in [0.5, 0.6) is 0 Å². The molecule has 0 N–H and O–H groups in total. The Morgan fingerprint density at radius 2 is 0.632 bits per heavy atom. The molecule has 1 unspecified atom stereocenters. The molecule has 0 heterocycles. The zero-order valence-corrected chi connectivity index (χ0v) is 44.9. The Labute approximate surface area is 421 Å². The highest BCUT2D eigenvalue weighted by Gasteiger charge is 2.19. The van der Waals surface area contributed by atoms with Gasteiger partial charge in [0.15, 0.2) is 6.10 Å². The van der Waals surface area contributed by atoms with Gasteiger partial charge in [0.05, 0.1) is 6.42 Å². The number of carbonyl (C=O) groups is 3. The zero-order valence-electron chi connectivity index (χ0n) is 44.9. The zero-order chi connectivity index (χ0) is 49.3. The maximum Gasteiger partial charge on any atom is 0.310 e. The molecule has 0 aromatic heterocycles. The molecule has 0 amide bonds. The summed E-state index contributed by atoms with van der Waals surface area (Å²) in [5.74, 6) is -1.05. The van der Waals surface area contributed by atoms with E-state index < -0.39 is 12.1 Å². The van der Waals surface area contributed by atoms with Crippen molar-refractivity contribution < 1.29 is 28.6 Å². The van der Waals surface area contributed by atoms with Crippen LogP contribution in [0, 0.1) is 0 Å². The molecule has 0 rings (SSSR count). The van der Waals surface area contributed by atoms with Crippen LogP contribution in [0.1, 0.15) is 284 Å². The van der Waals surface area contributed by atoms with Gasteiger partial charge < -0.3 is 14.2 Å². The molecule has 6 nitrogen and oxygen atoms in total. The van der Waals surface area contributed by atoms with Crippen LogP contribution in [-0.4, -0.2) is 37.2 Å². The molecule has 0 aliphatic rings. The van der Waals surface area contributed by atoms with Crippen molar-refractivity contribution in [1.29, 1.82) is 0 Å². The number of carbonyl (C=O) groups excluding carboxylic acids is 3. The van der Waals surface area contributed by atoms with Crippen molar-refractivity contribution in [2.45, 2.75) is 290 Å². The van der Waals surface area contributed by atoms with Gasteiger partial charge in [-0.1, -0.05) is 273 Å². The molecule has 68 heavy (non-hydrogen) atoms. The third kappa shape index (κ3) is 53.8. The van der Waals surface area contributed by atoms with Crippen LogP contribution in [0.4, 0.5) is 0 Å². The molecule has 0 saturated carbocycles. The number of unbranched alkanes of at least 4 members (excludes halogenated alkanes) is 30. The average Bonchev–Trinajstić information content (AvgIpc) is 3.34. The van der Waals surface area contributed by atoms with Crippen LogP contribution in [0.3, 0.4) is 0 Å². The normalized spacial score (nSPS) is 12.6. The quantitative estimate of drug-likeness (QED) is 0.0262. The van der Waals surface area contributed by atoms with Crippen molar-refractivity contribution in [1.82, 2.24) is 0 Å². The molecule has 0 spiro atoms. The average molecular weight is 950 g/mol. The smallest absolute Gasteiger partial charge is 0.310 e. The Morgan fingerprint density at radius 3 is 1.00 bits per heavy atom. The first-order chi connectivity index (χ1) is 33.5. The number of ether oxygens (including phenoxy) is 3. The minimum Gasteiger partial charge on any atom is -0.462 e. The first kappa shape index (κ1) is 64.8. The SMILES string of the molecule is CC/C=C\C/C=C\C/C=C\C/C=C\C/C=C\CC(=O)OC(COC(=O)CCCCCCC/C=C\CCCC)COC(=O)CCCCCCCCCCCCCCCCCCCCCCCCCC. The van der Waals surface area contributed by atoms with E-state index in [2.05, 4.69) is 81.5 Å². The summed E-state index contributed by atoms with van der Waals surface area (Å²) in [6.07, 6.45) is 72.3. The maximum atomic E-state index is 12.8. The minimum atomic E-state index is -0.831. The molecule has 0 radical (unpaired) electrons. The number of esters is 3. The lowest BCUT2D eigenvalue weighted by Crippen LogP contribution is -2.30. The highest BCUT2D eigenvalue weighted by molar-refractivity contribution is 5.72. The van der Waals surface area contributed by atoms with Crippen LogP contribution >= 0.6 is 0 Å². The molecular formula is C62H108O6. The van der Waals surface area contributed by atoms with E-state index in [1.54, 1.807) is 6.08 Å². The van der Waals surface area contributed by atoms with Crippen molar-refractivity contribution >= 4 is 17.9 Å². The van der Waals surface area contributed by atoms with E-state index in [0.29, 0.717) is 12.8 Å². The van der Waals surface area contributed by atoms with Gasteiger partial charge in [-0.05, 0) is 64.2 Å². The lowest BCUT2D eigenvalue weighted by atomic mass is 10.0. The second-order valence-corrected chi connectivity index (χ2v) is 19.2. The molecule has 0 aliphatic heterocycles. The van der Waals surface area contributed by atoms with Gasteiger partial charge in [-0.25, -0.2) is 0 Å². The van der Waals surface area contributed by atoms with Crippen LogP contribution in [-0.2, 0) is 28.6 Å². The monoisotopic (exact) mass is 949 g/mol. The predicted molar refractivity (Wildman–Crippen MR) is 293 cm³/mol. The van der Waals surface area contributed by atoms with Crippen LogP contribution in [0.15, 0.2) is 72.9 Å². The second-order valence-electron chi connectivity index (χ2n) is 19.2. The van der Waals surface area contributed by atoms with E-state index in [9.17, 15) is 14.4 Å². The highest BCUT2D eigenvalue weighted by atomic mass is 16.6. The Kier molecular flexibility index (Phi) is 53.8. The fraction of sp³-hybridized carbons (Fsp3) is 0.758. The fourth-order valence-electron chi connectivity index (χ4n) is 8.15. The number of allylic oxidation sites excluding steroid dienone is 11. The summed E-state index contributed by atoms with van der Waals surface area (Å²) in [4.78, 5) is 38.0. The Balaban J connectivity index is 4.31. The first-order valence-electron chi connectivity index (χ1n) is 28.9. The molecule has 6 heteroatoms. The Bertz CT molecular complexity index is 1270. The second kappa shape index (κ2) is 56.4. The van der Waals surface area contributed by atoms with E-state index >= 15 is 0 Å². The summed E-state index contributed by atoms with van der Waals surface area (Å²) in [5, 5.41) is 0. The summed E-state index contributed by atoms with van der Waals surface area (Å²) >= 11 is 0. The summed E-state index contributed by atoms with van der Waals surface area (Å²) in [6.45, 7) is 6.42. The van der Waals surface area contributed by atoms with Crippen molar-refractivity contribution in [3.63, 3.8) is 0 Å². The molecule has 0 aromatic rings. The van der Waals surface area contributed by atoms with E-state index in [-0.39, 0.29) is 31.6 Å². The number of hydrogen-bond donors (Lipinski definition) is 0. The van der Waals surface area contributed by atoms with Gasteiger partial charge >= 0.3 is 17.9 Å². The van der Waals surface area contributed by atoms with Crippen LogP contribution in [0.25, 0.3) is 0 Å². The molecule has 1 atom stereocenters. The van der Waals surface area contributed by atoms with Gasteiger partial charge in [0.1, 0.15) is 13.2 Å². The third-order valence-electron chi connectivity index (χ3n) is 12.5. The van der Waals surface area contributed by atoms with Gasteiger partial charge in [-0.15, -0.1) is 0 Å². The Morgan fingerprint density at radius 1 is 0.324 bits per heavy atom. The first-order valence-corrected chi connectivity index (χ1v) is 28.9. The van der Waals surface area contributed by atoms with Crippen LogP contribution in [0.2, 0.25) is 0 Å². The summed E-state index contributed by atoms with van der Waals surface area (Å²) in [6, 6.07) is 0. The van der Waals surface area contributed by atoms with Crippen molar-refractivity contribution in [3.05, 3.63) is 72.9 Å². The lowest BCUT2D eigenvalue weighted by Gasteiger charge is -2.18. The molecule has 0 bridgehead atoms. The molecule has 392 valence electrons. The van der Waals surface area contributed by atoms with E-state index in [1.807, 2.05) is 6.08 Å². The fourth-order valence-corrected chi connectivity index (χ4v) is 8.15. The standard InChI is InChI=1S/C62H108O6/c1-4-7-10-13-16-19-22-24-26-27-28-29-30-31-32-33-34-36-37-40-43-46-49-52-55-61(64)67-58-59(57-66-60(63)54-51-48-45-42-39-21-18-15-12-9-6-3)68-62(65)56-53-50-47-44-41-38-35-25-23-20-17-14-11-8-5-2/h8,11,15,17-18,20,25,35,41,44,50,53,59H,4-7,9-10,12-14,16,19,21-24,26-34,36-40,42-43,45-49,51-52,54-58H2,1-3H3/b11-8-,18-15-,20-17-,35-25-,44-41-,53-50-. The topological polar surface area (TPSA) is 78.9 Å². The van der Waals surface area contributed by atoms with Crippen molar-refractivity contribution in [2.24, 2.45) is 0 Å². The lowest BCUT2D eigenvalue weighted by molar-refractivity contribution is -0.166. The predicted octanol–water partition coefficient (Wildman–Crippen LogP) is 19.4. The minimum absolute atomic E-state index is 0.0972. The summed E-state index contributed by atoms with van der Waals surface area (Å²) in [7, 11) is 0. The van der Waals surface area contributed by atoms with Gasteiger partial charge in [-0.2, -0.15) is 0 Å². The summed E-state index contributed by atoms with van der Waals surface area (Å²) < 4.78 is 16.7.